The molecule has 4 nitrogen and oxygen atoms in total. The third-order valence-corrected chi connectivity index (χ3v) is 3.62. The number of nitrogens with one attached hydrogen (secondary N) is 2. The molecule has 0 unspecified atom stereocenters. The molecule has 18 heavy (non-hydrogen) atoms. The number of hydrogen-bond donors (Lipinski definition) is 2. The van der Waals surface area contributed by atoms with Gasteiger partial charge in [0.1, 0.15) is 5.82 Å². The predicted octanol–water partition coefficient (Wildman–Crippen LogP) is 3.62. The van der Waals surface area contributed by atoms with Crippen molar-refractivity contribution < 1.29 is 0 Å². The molecule has 0 amide bonds. The van der Waals surface area contributed by atoms with Crippen LogP contribution in [0.15, 0.2) is 10.7 Å². The smallest absolute Gasteiger partial charge is 0.224 e. The minimum atomic E-state index is 0.687. The van der Waals surface area contributed by atoms with Crippen LogP contribution in [0.5, 0.6) is 0 Å². The third-order valence-electron chi connectivity index (χ3n) is 2.34. The number of thioether (sulfide) groups is 1. The van der Waals surface area contributed by atoms with Crippen LogP contribution in [0, 0.1) is 0 Å². The van der Waals surface area contributed by atoms with Crippen molar-refractivity contribution in [3.63, 3.8) is 0 Å². The van der Waals surface area contributed by atoms with E-state index in [4.69, 9.17) is 0 Å². The van der Waals surface area contributed by atoms with E-state index in [9.17, 15) is 0 Å². The Morgan fingerprint density at radius 2 is 2.11 bits per heavy atom. The maximum atomic E-state index is 4.44. The second kappa shape index (κ2) is 9.44. The lowest BCUT2D eigenvalue weighted by atomic mass is 10.3. The zero-order chi connectivity index (χ0) is 13.2. The van der Waals surface area contributed by atoms with Crippen molar-refractivity contribution in [1.82, 2.24) is 9.97 Å². The lowest BCUT2D eigenvalue weighted by Gasteiger charge is -2.09. The average molecular weight is 333 g/mol. The first-order chi connectivity index (χ1) is 8.77. The minimum absolute atomic E-state index is 0.687. The monoisotopic (exact) mass is 332 g/mol. The molecule has 0 aliphatic carbocycles. The van der Waals surface area contributed by atoms with Crippen molar-refractivity contribution in [3.8, 4) is 0 Å². The molecule has 6 heteroatoms. The molecule has 0 aliphatic rings. The molecule has 102 valence electrons. The number of nitrogens with zero attached hydrogens (tertiary/aromatic N) is 2. The van der Waals surface area contributed by atoms with Crippen LogP contribution in [0.2, 0.25) is 0 Å². The molecule has 0 atom stereocenters. The fraction of sp³-hybridized carbons (Fsp3) is 0.667. The van der Waals surface area contributed by atoms with Crippen LogP contribution >= 0.6 is 27.7 Å². The summed E-state index contributed by atoms with van der Waals surface area (Å²) in [5.74, 6) is 2.77. The molecule has 0 bridgehead atoms. The van der Waals surface area contributed by atoms with Gasteiger partial charge in [0.15, 0.2) is 0 Å². The Morgan fingerprint density at radius 1 is 1.28 bits per heavy atom. The SMILES string of the molecule is CCCNc1ncc(Br)c(NCCCCSC)n1. The molecule has 1 heterocycles. The number of halogens is 1. The van der Waals surface area contributed by atoms with Crippen molar-refractivity contribution in [2.45, 2.75) is 26.2 Å². The van der Waals surface area contributed by atoms with Crippen LogP contribution in [0.3, 0.4) is 0 Å². The zero-order valence-electron chi connectivity index (χ0n) is 11.0. The van der Waals surface area contributed by atoms with Gasteiger partial charge in [-0.25, -0.2) is 4.98 Å². The fourth-order valence-corrected chi connectivity index (χ4v) is 2.22. The van der Waals surface area contributed by atoms with E-state index in [2.05, 4.69) is 49.7 Å². The largest absolute Gasteiger partial charge is 0.369 e. The van der Waals surface area contributed by atoms with E-state index in [1.54, 1.807) is 6.20 Å². The predicted molar refractivity (Wildman–Crippen MR) is 84.6 cm³/mol. The fourth-order valence-electron chi connectivity index (χ4n) is 1.39. The van der Waals surface area contributed by atoms with Crippen molar-refractivity contribution in [3.05, 3.63) is 10.7 Å². The van der Waals surface area contributed by atoms with Gasteiger partial charge in [0, 0.05) is 19.3 Å². The highest BCUT2D eigenvalue weighted by molar-refractivity contribution is 9.10. The molecule has 0 spiro atoms. The first kappa shape index (κ1) is 15.6. The number of unbranched alkanes of at least 4 members (excludes halogenated alkanes) is 1. The van der Waals surface area contributed by atoms with E-state index >= 15 is 0 Å². The van der Waals surface area contributed by atoms with Crippen molar-refractivity contribution in [1.29, 1.82) is 0 Å². The number of hydrogen-bond acceptors (Lipinski definition) is 5. The van der Waals surface area contributed by atoms with Gasteiger partial charge in [-0.05, 0) is 47.2 Å². The van der Waals surface area contributed by atoms with Crippen molar-refractivity contribution in [2.24, 2.45) is 0 Å². The second-order valence-corrected chi connectivity index (χ2v) is 5.78. The third kappa shape index (κ3) is 5.91. The topological polar surface area (TPSA) is 49.8 Å². The lowest BCUT2D eigenvalue weighted by molar-refractivity contribution is 0.838. The minimum Gasteiger partial charge on any atom is -0.369 e. The molecule has 0 fully saturated rings. The standard InChI is InChI=1S/C12H21BrN4S/c1-3-6-15-12-16-9-10(13)11(17-12)14-7-4-5-8-18-2/h9H,3-8H2,1-2H3,(H2,14,15,16,17). The molecule has 2 N–H and O–H groups in total. The quantitative estimate of drug-likeness (QED) is 0.676. The summed E-state index contributed by atoms with van der Waals surface area (Å²) in [5.41, 5.74) is 0. The molecule has 0 saturated carbocycles. The first-order valence-corrected chi connectivity index (χ1v) is 8.45. The second-order valence-electron chi connectivity index (χ2n) is 3.94. The summed E-state index contributed by atoms with van der Waals surface area (Å²) in [5, 5.41) is 6.53. The van der Waals surface area contributed by atoms with Gasteiger partial charge in [0.25, 0.3) is 0 Å². The summed E-state index contributed by atoms with van der Waals surface area (Å²) in [6.07, 6.45) is 7.39. The summed E-state index contributed by atoms with van der Waals surface area (Å²) in [7, 11) is 0. The molecule has 0 saturated heterocycles. The molecule has 0 aliphatic heterocycles. The van der Waals surface area contributed by atoms with E-state index in [0.29, 0.717) is 5.95 Å². The molecule has 1 aromatic heterocycles. The Balaban J connectivity index is 2.42. The Labute approximate surface area is 122 Å². The van der Waals surface area contributed by atoms with Gasteiger partial charge in [-0.1, -0.05) is 6.92 Å². The summed E-state index contributed by atoms with van der Waals surface area (Å²) < 4.78 is 0.911. The number of aromatic nitrogens is 2. The molecular weight excluding hydrogens is 312 g/mol. The zero-order valence-corrected chi connectivity index (χ0v) is 13.4. The van der Waals surface area contributed by atoms with E-state index in [0.717, 1.165) is 36.2 Å². The lowest BCUT2D eigenvalue weighted by Crippen LogP contribution is -2.09. The van der Waals surface area contributed by atoms with E-state index in [1.807, 2.05) is 11.8 Å². The Hall–Kier alpha value is -0.490. The van der Waals surface area contributed by atoms with Crippen LogP contribution < -0.4 is 10.6 Å². The normalized spacial score (nSPS) is 10.4. The van der Waals surface area contributed by atoms with Crippen LogP contribution in [-0.4, -0.2) is 35.1 Å². The highest BCUT2D eigenvalue weighted by atomic mass is 79.9. The maximum absolute atomic E-state index is 4.44. The molecule has 0 aromatic carbocycles. The van der Waals surface area contributed by atoms with Gasteiger partial charge in [-0.15, -0.1) is 0 Å². The number of anilines is 2. The van der Waals surface area contributed by atoms with Gasteiger partial charge in [0.05, 0.1) is 4.47 Å². The average Bonchev–Trinajstić information content (AvgIpc) is 2.39. The summed E-state index contributed by atoms with van der Waals surface area (Å²) in [6, 6.07) is 0. The van der Waals surface area contributed by atoms with Crippen molar-refractivity contribution in [2.75, 3.05) is 35.7 Å². The van der Waals surface area contributed by atoms with Crippen molar-refractivity contribution >= 4 is 39.5 Å². The molecule has 0 radical (unpaired) electrons. The van der Waals surface area contributed by atoms with Crippen LogP contribution in [0.1, 0.15) is 26.2 Å². The van der Waals surface area contributed by atoms with Crippen LogP contribution in [-0.2, 0) is 0 Å². The maximum Gasteiger partial charge on any atom is 0.224 e. The van der Waals surface area contributed by atoms with Gasteiger partial charge in [-0.3, -0.25) is 0 Å². The van der Waals surface area contributed by atoms with Gasteiger partial charge >= 0.3 is 0 Å². The highest BCUT2D eigenvalue weighted by Gasteiger charge is 2.03. The van der Waals surface area contributed by atoms with Crippen LogP contribution in [0.4, 0.5) is 11.8 Å². The summed E-state index contributed by atoms with van der Waals surface area (Å²) in [6.45, 7) is 3.97. The molecule has 1 aromatic rings. The summed E-state index contributed by atoms with van der Waals surface area (Å²) in [4.78, 5) is 8.66. The van der Waals surface area contributed by atoms with E-state index < -0.39 is 0 Å². The summed E-state index contributed by atoms with van der Waals surface area (Å²) >= 11 is 5.35. The first-order valence-electron chi connectivity index (χ1n) is 6.27. The Bertz CT molecular complexity index is 349. The molecular formula is C12H21BrN4S. The highest BCUT2D eigenvalue weighted by Crippen LogP contribution is 2.20. The number of rotatable bonds is 9. The Morgan fingerprint density at radius 3 is 2.83 bits per heavy atom. The van der Waals surface area contributed by atoms with E-state index in [-0.39, 0.29) is 0 Å². The Kier molecular flexibility index (Phi) is 8.17. The van der Waals surface area contributed by atoms with Gasteiger partial charge in [-0.2, -0.15) is 16.7 Å². The van der Waals surface area contributed by atoms with Crippen LogP contribution in [0.25, 0.3) is 0 Å². The van der Waals surface area contributed by atoms with E-state index in [1.165, 1.54) is 12.2 Å². The molecule has 1 rings (SSSR count). The van der Waals surface area contributed by atoms with Gasteiger partial charge < -0.3 is 10.6 Å². The van der Waals surface area contributed by atoms with Gasteiger partial charge in [0.2, 0.25) is 5.95 Å².